The van der Waals surface area contributed by atoms with Crippen molar-refractivity contribution in [2.45, 2.75) is 19.9 Å². The van der Waals surface area contributed by atoms with E-state index in [2.05, 4.69) is 6.07 Å². The molecular weight excluding hydrogens is 276 g/mol. The molecule has 2 N–H and O–H groups in total. The Kier molecular flexibility index (Phi) is 4.00. The lowest BCUT2D eigenvalue weighted by atomic mass is 9.98. The third-order valence-electron chi connectivity index (χ3n) is 3.94. The summed E-state index contributed by atoms with van der Waals surface area (Å²) in [6.07, 6.45) is 0.873. The second-order valence-corrected chi connectivity index (χ2v) is 5.46. The van der Waals surface area contributed by atoms with Crippen molar-refractivity contribution in [3.8, 4) is 5.75 Å². The Labute approximate surface area is 130 Å². The number of ether oxygens (including phenoxy) is 1. The molecule has 0 fully saturated rings. The first kappa shape index (κ1) is 14.4. The Morgan fingerprint density at radius 3 is 2.68 bits per heavy atom. The molecule has 0 saturated heterocycles. The molecule has 1 amide bonds. The molecule has 4 nitrogen and oxygen atoms in total. The molecule has 22 heavy (non-hydrogen) atoms. The van der Waals surface area contributed by atoms with E-state index in [-0.39, 0.29) is 5.91 Å². The molecule has 0 aromatic heterocycles. The van der Waals surface area contributed by atoms with Gasteiger partial charge in [0.25, 0.3) is 5.91 Å². The molecular formula is C18H20N2O2. The Hall–Kier alpha value is -2.49. The second-order valence-electron chi connectivity index (χ2n) is 5.46. The lowest BCUT2D eigenvalue weighted by Gasteiger charge is -2.29. The number of nitrogens with zero attached hydrogens (tertiary/aromatic N) is 1. The number of benzene rings is 2. The normalized spacial score (nSPS) is 13.6. The van der Waals surface area contributed by atoms with Crippen LogP contribution in [0.3, 0.4) is 0 Å². The van der Waals surface area contributed by atoms with Gasteiger partial charge in [0.15, 0.2) is 0 Å². The van der Waals surface area contributed by atoms with Gasteiger partial charge in [0.2, 0.25) is 0 Å². The molecule has 1 aliphatic rings. The Morgan fingerprint density at radius 2 is 1.95 bits per heavy atom. The average Bonchev–Trinajstić information content (AvgIpc) is 2.54. The van der Waals surface area contributed by atoms with Crippen molar-refractivity contribution in [1.82, 2.24) is 4.90 Å². The Morgan fingerprint density at radius 1 is 1.18 bits per heavy atom. The van der Waals surface area contributed by atoms with Crippen LogP contribution >= 0.6 is 0 Å². The molecule has 114 valence electrons. The second kappa shape index (κ2) is 6.10. The molecule has 0 saturated carbocycles. The van der Waals surface area contributed by atoms with Crippen LogP contribution in [0.2, 0.25) is 0 Å². The van der Waals surface area contributed by atoms with E-state index in [1.165, 1.54) is 5.56 Å². The summed E-state index contributed by atoms with van der Waals surface area (Å²) in [6, 6.07) is 13.3. The van der Waals surface area contributed by atoms with E-state index in [9.17, 15) is 4.79 Å². The van der Waals surface area contributed by atoms with E-state index in [1.54, 1.807) is 0 Å². The maximum absolute atomic E-state index is 12.6. The predicted octanol–water partition coefficient (Wildman–Crippen LogP) is 2.87. The van der Waals surface area contributed by atoms with E-state index >= 15 is 0 Å². The first-order chi connectivity index (χ1) is 10.7. The van der Waals surface area contributed by atoms with Gasteiger partial charge in [-0.15, -0.1) is 0 Å². The summed E-state index contributed by atoms with van der Waals surface area (Å²) < 4.78 is 5.41. The topological polar surface area (TPSA) is 55.6 Å². The van der Waals surface area contributed by atoms with E-state index in [4.69, 9.17) is 10.5 Å². The van der Waals surface area contributed by atoms with Crippen molar-refractivity contribution >= 4 is 11.6 Å². The fourth-order valence-electron chi connectivity index (χ4n) is 2.79. The van der Waals surface area contributed by atoms with Gasteiger partial charge in [0.05, 0.1) is 6.61 Å². The van der Waals surface area contributed by atoms with E-state index < -0.39 is 0 Å². The minimum absolute atomic E-state index is 0.0520. The zero-order chi connectivity index (χ0) is 15.5. The number of anilines is 1. The van der Waals surface area contributed by atoms with Gasteiger partial charge in [-0.2, -0.15) is 0 Å². The number of nitrogen functional groups attached to an aromatic ring is 1. The zero-order valence-electron chi connectivity index (χ0n) is 12.7. The monoisotopic (exact) mass is 296 g/mol. The quantitative estimate of drug-likeness (QED) is 0.886. The van der Waals surface area contributed by atoms with Gasteiger partial charge in [0.1, 0.15) is 5.75 Å². The first-order valence-corrected chi connectivity index (χ1v) is 7.57. The molecule has 0 bridgehead atoms. The molecule has 1 aliphatic heterocycles. The highest BCUT2D eigenvalue weighted by molar-refractivity contribution is 5.94. The fraction of sp³-hybridized carbons (Fsp3) is 0.278. The number of hydrogen-bond donors (Lipinski definition) is 1. The van der Waals surface area contributed by atoms with Crippen LogP contribution in [0.5, 0.6) is 5.75 Å². The third-order valence-corrected chi connectivity index (χ3v) is 3.94. The van der Waals surface area contributed by atoms with Crippen LogP contribution in [-0.4, -0.2) is 24.0 Å². The Balaban J connectivity index is 1.75. The molecule has 4 heteroatoms. The lowest BCUT2D eigenvalue weighted by molar-refractivity contribution is 0.0734. The summed E-state index contributed by atoms with van der Waals surface area (Å²) in [5, 5.41) is 0. The summed E-state index contributed by atoms with van der Waals surface area (Å²) in [5.41, 5.74) is 9.70. The van der Waals surface area contributed by atoms with Crippen molar-refractivity contribution in [1.29, 1.82) is 0 Å². The number of fused-ring (bicyclic) bond motifs is 1. The Bertz CT molecular complexity index is 680. The molecule has 2 aromatic rings. The molecule has 0 radical (unpaired) electrons. The highest BCUT2D eigenvalue weighted by Crippen LogP contribution is 2.23. The smallest absolute Gasteiger partial charge is 0.254 e. The number of carbonyl (C=O) groups is 1. The maximum Gasteiger partial charge on any atom is 0.254 e. The van der Waals surface area contributed by atoms with Gasteiger partial charge in [-0.3, -0.25) is 4.79 Å². The van der Waals surface area contributed by atoms with E-state index in [0.717, 1.165) is 30.0 Å². The first-order valence-electron chi connectivity index (χ1n) is 7.57. The summed E-state index contributed by atoms with van der Waals surface area (Å²) in [7, 11) is 0. The van der Waals surface area contributed by atoms with Gasteiger partial charge >= 0.3 is 0 Å². The summed E-state index contributed by atoms with van der Waals surface area (Å²) in [4.78, 5) is 14.5. The maximum atomic E-state index is 12.6. The predicted molar refractivity (Wildman–Crippen MR) is 86.9 cm³/mol. The van der Waals surface area contributed by atoms with Crippen LogP contribution in [0.1, 0.15) is 28.4 Å². The average molecular weight is 296 g/mol. The van der Waals surface area contributed by atoms with Crippen LogP contribution < -0.4 is 10.5 Å². The molecule has 1 heterocycles. The SMILES string of the molecule is CCOc1ccc(C(=O)N2CCc3ccc(N)cc3C2)cc1. The highest BCUT2D eigenvalue weighted by atomic mass is 16.5. The molecule has 0 spiro atoms. The molecule has 0 unspecified atom stereocenters. The zero-order valence-corrected chi connectivity index (χ0v) is 12.7. The molecule has 3 rings (SSSR count). The molecule has 2 aromatic carbocycles. The molecule has 0 atom stereocenters. The summed E-state index contributed by atoms with van der Waals surface area (Å²) in [6.45, 7) is 3.92. The number of carbonyl (C=O) groups excluding carboxylic acids is 1. The van der Waals surface area contributed by atoms with Crippen LogP contribution in [0.15, 0.2) is 42.5 Å². The summed E-state index contributed by atoms with van der Waals surface area (Å²) >= 11 is 0. The molecule has 0 aliphatic carbocycles. The van der Waals surface area contributed by atoms with Crippen LogP contribution in [0, 0.1) is 0 Å². The number of hydrogen-bond acceptors (Lipinski definition) is 3. The fourth-order valence-corrected chi connectivity index (χ4v) is 2.79. The standard InChI is InChI=1S/C18H20N2O2/c1-2-22-17-7-4-14(5-8-17)18(21)20-10-9-13-3-6-16(19)11-15(13)12-20/h3-8,11H,2,9-10,12,19H2,1H3. The summed E-state index contributed by atoms with van der Waals surface area (Å²) in [5.74, 6) is 0.840. The van der Waals surface area contributed by atoms with E-state index in [1.807, 2.05) is 48.2 Å². The van der Waals surface area contributed by atoms with Crippen LogP contribution in [-0.2, 0) is 13.0 Å². The number of amides is 1. The van der Waals surface area contributed by atoms with Crippen molar-refractivity contribution in [2.24, 2.45) is 0 Å². The van der Waals surface area contributed by atoms with Gasteiger partial charge < -0.3 is 15.4 Å². The van der Waals surface area contributed by atoms with Gasteiger partial charge in [-0.25, -0.2) is 0 Å². The van der Waals surface area contributed by atoms with Crippen molar-refractivity contribution in [3.05, 3.63) is 59.2 Å². The minimum atomic E-state index is 0.0520. The minimum Gasteiger partial charge on any atom is -0.494 e. The van der Waals surface area contributed by atoms with E-state index in [0.29, 0.717) is 18.7 Å². The van der Waals surface area contributed by atoms with Crippen molar-refractivity contribution in [2.75, 3.05) is 18.9 Å². The number of rotatable bonds is 3. The van der Waals surface area contributed by atoms with Crippen LogP contribution in [0.4, 0.5) is 5.69 Å². The van der Waals surface area contributed by atoms with Gasteiger partial charge in [-0.05, 0) is 60.9 Å². The van der Waals surface area contributed by atoms with Crippen LogP contribution in [0.25, 0.3) is 0 Å². The van der Waals surface area contributed by atoms with Crippen molar-refractivity contribution < 1.29 is 9.53 Å². The highest BCUT2D eigenvalue weighted by Gasteiger charge is 2.21. The van der Waals surface area contributed by atoms with Gasteiger partial charge in [0, 0.05) is 24.3 Å². The third kappa shape index (κ3) is 2.91. The largest absolute Gasteiger partial charge is 0.494 e. The number of nitrogens with two attached hydrogens (primary N) is 1. The lowest BCUT2D eigenvalue weighted by Crippen LogP contribution is -2.35. The van der Waals surface area contributed by atoms with Crippen molar-refractivity contribution in [3.63, 3.8) is 0 Å². The van der Waals surface area contributed by atoms with Gasteiger partial charge in [-0.1, -0.05) is 6.07 Å².